The van der Waals surface area contributed by atoms with Crippen LogP contribution in [0.4, 0.5) is 0 Å². The molecule has 0 saturated carbocycles. The van der Waals surface area contributed by atoms with E-state index in [1.165, 1.54) is 11.3 Å². The Morgan fingerprint density at radius 3 is 2.95 bits per heavy atom. The first-order valence-electron chi connectivity index (χ1n) is 6.11. The molecule has 3 rings (SSSR count). The van der Waals surface area contributed by atoms with Crippen LogP contribution in [-0.2, 0) is 6.54 Å². The van der Waals surface area contributed by atoms with Crippen molar-refractivity contribution in [2.45, 2.75) is 6.54 Å². The SMILES string of the molecule is CN(Cc1cc(Br)cs1)C(=O)c1cnc(-c2cccs2)s1. The highest BCUT2D eigenvalue weighted by atomic mass is 79.9. The number of hydrogen-bond donors (Lipinski definition) is 0. The van der Waals surface area contributed by atoms with Crippen LogP contribution in [0.5, 0.6) is 0 Å². The highest BCUT2D eigenvalue weighted by Crippen LogP contribution is 2.29. The van der Waals surface area contributed by atoms with Crippen LogP contribution in [0.3, 0.4) is 0 Å². The maximum Gasteiger partial charge on any atom is 0.265 e. The number of amides is 1. The first-order chi connectivity index (χ1) is 10.1. The van der Waals surface area contributed by atoms with Gasteiger partial charge in [0.1, 0.15) is 9.88 Å². The molecule has 0 spiro atoms. The van der Waals surface area contributed by atoms with E-state index in [0.29, 0.717) is 11.4 Å². The van der Waals surface area contributed by atoms with E-state index < -0.39 is 0 Å². The summed E-state index contributed by atoms with van der Waals surface area (Å²) in [6.45, 7) is 0.612. The van der Waals surface area contributed by atoms with Crippen molar-refractivity contribution in [2.75, 3.05) is 7.05 Å². The number of thiazole rings is 1. The Hall–Kier alpha value is -1.02. The third-order valence-electron chi connectivity index (χ3n) is 2.81. The Labute approximate surface area is 143 Å². The van der Waals surface area contributed by atoms with Gasteiger partial charge in [-0.1, -0.05) is 6.07 Å². The highest BCUT2D eigenvalue weighted by Gasteiger charge is 2.17. The van der Waals surface area contributed by atoms with Crippen molar-refractivity contribution in [2.24, 2.45) is 0 Å². The van der Waals surface area contributed by atoms with Crippen molar-refractivity contribution in [1.29, 1.82) is 0 Å². The summed E-state index contributed by atoms with van der Waals surface area (Å²) < 4.78 is 1.06. The van der Waals surface area contributed by atoms with Crippen molar-refractivity contribution < 1.29 is 4.79 Å². The molecular formula is C14H11BrN2OS3. The molecule has 0 bridgehead atoms. The number of hydrogen-bond acceptors (Lipinski definition) is 5. The number of rotatable bonds is 4. The molecule has 0 aromatic carbocycles. The van der Waals surface area contributed by atoms with Crippen LogP contribution < -0.4 is 0 Å². The van der Waals surface area contributed by atoms with Crippen molar-refractivity contribution in [1.82, 2.24) is 9.88 Å². The summed E-state index contributed by atoms with van der Waals surface area (Å²) in [6.07, 6.45) is 1.67. The molecule has 3 heterocycles. The van der Waals surface area contributed by atoms with E-state index >= 15 is 0 Å². The lowest BCUT2D eigenvalue weighted by atomic mass is 10.4. The van der Waals surface area contributed by atoms with Crippen LogP contribution in [-0.4, -0.2) is 22.8 Å². The van der Waals surface area contributed by atoms with E-state index in [1.54, 1.807) is 33.8 Å². The predicted molar refractivity (Wildman–Crippen MR) is 93.2 cm³/mol. The molecule has 0 unspecified atom stereocenters. The molecule has 21 heavy (non-hydrogen) atoms. The number of aromatic nitrogens is 1. The summed E-state index contributed by atoms with van der Waals surface area (Å²) >= 11 is 8.15. The van der Waals surface area contributed by atoms with Gasteiger partial charge in [0.25, 0.3) is 5.91 Å². The van der Waals surface area contributed by atoms with Crippen LogP contribution in [0.1, 0.15) is 14.5 Å². The van der Waals surface area contributed by atoms with Crippen molar-refractivity contribution in [3.63, 3.8) is 0 Å². The first-order valence-corrected chi connectivity index (χ1v) is 9.48. The first kappa shape index (κ1) is 14.9. The molecule has 0 aliphatic carbocycles. The molecular weight excluding hydrogens is 388 g/mol. The fourth-order valence-electron chi connectivity index (χ4n) is 1.82. The van der Waals surface area contributed by atoms with Gasteiger partial charge in [0.15, 0.2) is 0 Å². The van der Waals surface area contributed by atoms with E-state index in [-0.39, 0.29) is 5.91 Å². The zero-order valence-corrected chi connectivity index (χ0v) is 15.1. The van der Waals surface area contributed by atoms with Gasteiger partial charge in [0.05, 0.1) is 17.6 Å². The predicted octanol–water partition coefficient (Wildman–Crippen LogP) is 4.97. The maximum absolute atomic E-state index is 12.4. The van der Waals surface area contributed by atoms with E-state index in [9.17, 15) is 4.79 Å². The minimum absolute atomic E-state index is 0.0137. The molecule has 0 fully saturated rings. The number of nitrogens with zero attached hydrogens (tertiary/aromatic N) is 2. The van der Waals surface area contributed by atoms with Crippen molar-refractivity contribution >= 4 is 55.8 Å². The van der Waals surface area contributed by atoms with Crippen LogP contribution in [0, 0.1) is 0 Å². The largest absolute Gasteiger partial charge is 0.336 e. The van der Waals surface area contributed by atoms with Crippen LogP contribution in [0.15, 0.2) is 39.6 Å². The van der Waals surface area contributed by atoms with Crippen LogP contribution in [0.2, 0.25) is 0 Å². The zero-order chi connectivity index (χ0) is 14.8. The number of carbonyl (C=O) groups is 1. The Morgan fingerprint density at radius 1 is 1.43 bits per heavy atom. The summed E-state index contributed by atoms with van der Waals surface area (Å²) in [5, 5.41) is 4.94. The molecule has 0 radical (unpaired) electrons. The third kappa shape index (κ3) is 3.42. The van der Waals surface area contributed by atoms with Crippen LogP contribution in [0.25, 0.3) is 9.88 Å². The molecule has 1 amide bonds. The Balaban J connectivity index is 1.72. The fraction of sp³-hybridized carbons (Fsp3) is 0.143. The molecule has 0 atom stereocenters. The normalized spacial score (nSPS) is 10.8. The third-order valence-corrected chi connectivity index (χ3v) is 6.52. The molecule has 3 aromatic rings. The Morgan fingerprint density at radius 2 is 2.29 bits per heavy atom. The van der Waals surface area contributed by atoms with E-state index in [1.807, 2.05) is 36.0 Å². The van der Waals surface area contributed by atoms with E-state index in [4.69, 9.17) is 0 Å². The summed E-state index contributed by atoms with van der Waals surface area (Å²) in [5.41, 5.74) is 0. The number of carbonyl (C=O) groups excluding carboxylic acids is 1. The molecule has 3 aromatic heterocycles. The lowest BCUT2D eigenvalue weighted by Crippen LogP contribution is -2.24. The summed E-state index contributed by atoms with van der Waals surface area (Å²) in [6, 6.07) is 6.05. The molecule has 7 heteroatoms. The molecule has 0 N–H and O–H groups in total. The monoisotopic (exact) mass is 398 g/mol. The van der Waals surface area contributed by atoms with Gasteiger partial charge in [0.2, 0.25) is 0 Å². The zero-order valence-electron chi connectivity index (χ0n) is 11.1. The smallest absolute Gasteiger partial charge is 0.265 e. The molecule has 0 aliphatic rings. The molecule has 0 saturated heterocycles. The van der Waals surface area contributed by atoms with Crippen molar-refractivity contribution in [3.05, 3.63) is 49.4 Å². The van der Waals surface area contributed by atoms with Gasteiger partial charge < -0.3 is 4.90 Å². The van der Waals surface area contributed by atoms with Crippen LogP contribution >= 0.6 is 49.9 Å². The Bertz CT molecular complexity index is 748. The van der Waals surface area contributed by atoms with Gasteiger partial charge >= 0.3 is 0 Å². The fourth-order valence-corrected chi connectivity index (χ4v) is 5.04. The van der Waals surface area contributed by atoms with E-state index in [2.05, 4.69) is 20.9 Å². The number of halogens is 1. The summed E-state index contributed by atoms with van der Waals surface area (Å²) in [5.74, 6) is 0.0137. The van der Waals surface area contributed by atoms with Gasteiger partial charge in [-0.15, -0.1) is 34.0 Å². The standard InChI is InChI=1S/C14H11BrN2OS3/c1-17(7-10-5-9(15)8-20-10)14(18)12-6-16-13(21-12)11-3-2-4-19-11/h2-6,8H,7H2,1H3. The summed E-state index contributed by atoms with van der Waals surface area (Å²) in [4.78, 5) is 21.4. The van der Waals surface area contributed by atoms with Gasteiger partial charge in [-0.2, -0.15) is 0 Å². The minimum atomic E-state index is 0.0137. The molecule has 108 valence electrons. The topological polar surface area (TPSA) is 33.2 Å². The van der Waals surface area contributed by atoms with Crippen molar-refractivity contribution in [3.8, 4) is 9.88 Å². The lowest BCUT2D eigenvalue weighted by Gasteiger charge is -2.14. The van der Waals surface area contributed by atoms with Gasteiger partial charge in [0, 0.05) is 21.8 Å². The lowest BCUT2D eigenvalue weighted by molar-refractivity contribution is 0.0791. The minimum Gasteiger partial charge on any atom is -0.336 e. The average Bonchev–Trinajstić information content (AvgIpc) is 3.18. The summed E-state index contributed by atoms with van der Waals surface area (Å²) in [7, 11) is 1.82. The van der Waals surface area contributed by atoms with Gasteiger partial charge in [-0.3, -0.25) is 4.79 Å². The second-order valence-corrected chi connectivity index (χ2v) is 8.29. The van der Waals surface area contributed by atoms with Gasteiger partial charge in [-0.25, -0.2) is 4.98 Å². The average molecular weight is 399 g/mol. The molecule has 3 nitrogen and oxygen atoms in total. The second kappa shape index (κ2) is 6.39. The van der Waals surface area contributed by atoms with E-state index in [0.717, 1.165) is 19.2 Å². The number of thiophene rings is 2. The highest BCUT2D eigenvalue weighted by molar-refractivity contribution is 9.10. The van der Waals surface area contributed by atoms with Gasteiger partial charge in [-0.05, 0) is 33.4 Å². The quantitative estimate of drug-likeness (QED) is 0.621. The maximum atomic E-state index is 12.4. The second-order valence-electron chi connectivity index (χ2n) is 4.40. The Kier molecular flexibility index (Phi) is 4.54. The molecule has 0 aliphatic heterocycles.